The van der Waals surface area contributed by atoms with E-state index in [0.29, 0.717) is 37.9 Å². The molecule has 1 aliphatic carbocycles. The summed E-state index contributed by atoms with van der Waals surface area (Å²) in [6.45, 7) is 1.88. The van der Waals surface area contributed by atoms with Crippen molar-refractivity contribution in [3.63, 3.8) is 0 Å². The van der Waals surface area contributed by atoms with E-state index < -0.39 is 17.6 Å². The van der Waals surface area contributed by atoms with Gasteiger partial charge in [-0.05, 0) is 48.9 Å². The quantitative estimate of drug-likeness (QED) is 0.368. The topological polar surface area (TPSA) is 127 Å². The number of nitrogens with zero attached hydrogens (tertiary/aromatic N) is 4. The van der Waals surface area contributed by atoms with Crippen molar-refractivity contribution in [1.29, 1.82) is 0 Å². The Bertz CT molecular complexity index is 1110. The van der Waals surface area contributed by atoms with Crippen molar-refractivity contribution < 1.29 is 34.0 Å². The summed E-state index contributed by atoms with van der Waals surface area (Å²) in [5.74, 6) is -0.165. The molecule has 11 nitrogen and oxygen atoms in total. The highest BCUT2D eigenvalue weighted by molar-refractivity contribution is 5.82. The lowest BCUT2D eigenvalue weighted by atomic mass is 9.79. The van der Waals surface area contributed by atoms with Crippen molar-refractivity contribution in [1.82, 2.24) is 19.4 Å². The smallest absolute Gasteiger partial charge is 0.407 e. The Morgan fingerprint density at radius 1 is 1.13 bits per heavy atom. The molecule has 4 rings (SSSR count). The SMILES string of the molecule is COCCCc1cc(CN(C(=O)[C@H]2CN(C(=O)O)CC[C@]2(O)c2nccn2C)C2CC2)cc(OCCOC)c1. The molecule has 1 aromatic heterocycles. The normalized spacial score (nSPS) is 21.1. The van der Waals surface area contributed by atoms with E-state index in [1.807, 2.05) is 12.1 Å². The molecule has 2 N–H and O–H groups in total. The van der Waals surface area contributed by atoms with E-state index >= 15 is 0 Å². The van der Waals surface area contributed by atoms with Crippen molar-refractivity contribution in [3.05, 3.63) is 47.5 Å². The van der Waals surface area contributed by atoms with Gasteiger partial charge in [-0.2, -0.15) is 0 Å². The van der Waals surface area contributed by atoms with Gasteiger partial charge < -0.3 is 38.8 Å². The Morgan fingerprint density at radius 2 is 1.87 bits per heavy atom. The number of aromatic nitrogens is 2. The van der Waals surface area contributed by atoms with Crippen LogP contribution in [0.4, 0.5) is 4.79 Å². The van der Waals surface area contributed by atoms with E-state index in [4.69, 9.17) is 14.2 Å². The highest BCUT2D eigenvalue weighted by atomic mass is 16.5. The van der Waals surface area contributed by atoms with Crippen molar-refractivity contribution in [2.75, 3.05) is 47.1 Å². The van der Waals surface area contributed by atoms with Gasteiger partial charge in [0.2, 0.25) is 5.91 Å². The monoisotopic (exact) mass is 544 g/mol. The fourth-order valence-corrected chi connectivity index (χ4v) is 5.33. The molecular weight excluding hydrogens is 504 g/mol. The predicted octanol–water partition coefficient (Wildman–Crippen LogP) is 2.40. The fraction of sp³-hybridized carbons (Fsp3) is 0.607. The van der Waals surface area contributed by atoms with Gasteiger partial charge in [0.05, 0.1) is 12.5 Å². The van der Waals surface area contributed by atoms with E-state index in [0.717, 1.165) is 36.8 Å². The van der Waals surface area contributed by atoms with Gasteiger partial charge in [0, 0.05) is 72.4 Å². The number of carbonyl (C=O) groups is 2. The van der Waals surface area contributed by atoms with Crippen LogP contribution < -0.4 is 4.74 Å². The number of hydrogen-bond acceptors (Lipinski definition) is 7. The molecule has 1 saturated heterocycles. The first-order valence-corrected chi connectivity index (χ1v) is 13.5. The number of amides is 2. The van der Waals surface area contributed by atoms with Crippen LogP contribution in [0.2, 0.25) is 0 Å². The summed E-state index contributed by atoms with van der Waals surface area (Å²) in [7, 11) is 5.07. The highest BCUT2D eigenvalue weighted by Gasteiger charge is 2.52. The van der Waals surface area contributed by atoms with E-state index in [2.05, 4.69) is 11.1 Å². The highest BCUT2D eigenvalue weighted by Crippen LogP contribution is 2.40. The van der Waals surface area contributed by atoms with Gasteiger partial charge in [-0.15, -0.1) is 0 Å². The second-order valence-electron chi connectivity index (χ2n) is 10.4. The molecule has 2 aliphatic rings. The number of methoxy groups -OCH3 is 2. The zero-order valence-electron chi connectivity index (χ0n) is 23.0. The summed E-state index contributed by atoms with van der Waals surface area (Å²) in [6, 6.07) is 6.06. The number of likely N-dealkylation sites (tertiary alicyclic amines) is 1. The maximum atomic E-state index is 14.2. The molecule has 0 bridgehead atoms. The van der Waals surface area contributed by atoms with E-state index in [1.165, 1.54) is 4.90 Å². The third kappa shape index (κ3) is 6.90. The summed E-state index contributed by atoms with van der Waals surface area (Å²) in [4.78, 5) is 33.4. The Kier molecular flexibility index (Phi) is 9.47. The zero-order chi connectivity index (χ0) is 28.0. The second kappa shape index (κ2) is 12.8. The number of carbonyl (C=O) groups excluding carboxylic acids is 1. The molecule has 214 valence electrons. The molecule has 2 fully saturated rings. The molecule has 2 atom stereocenters. The maximum absolute atomic E-state index is 14.2. The molecular formula is C28H40N4O7. The predicted molar refractivity (Wildman–Crippen MR) is 142 cm³/mol. The number of aliphatic hydroxyl groups is 1. The van der Waals surface area contributed by atoms with Crippen LogP contribution in [0.25, 0.3) is 0 Å². The maximum Gasteiger partial charge on any atom is 0.407 e. The van der Waals surface area contributed by atoms with Gasteiger partial charge in [0.1, 0.15) is 23.8 Å². The number of benzene rings is 1. The first-order valence-electron chi connectivity index (χ1n) is 13.5. The van der Waals surface area contributed by atoms with Gasteiger partial charge in [0.15, 0.2) is 0 Å². The number of ether oxygens (including phenoxy) is 3. The Labute approximate surface area is 229 Å². The number of carboxylic acid groups (broad SMARTS) is 1. The van der Waals surface area contributed by atoms with Gasteiger partial charge in [0.25, 0.3) is 0 Å². The molecule has 0 spiro atoms. The molecule has 1 aliphatic heterocycles. The van der Waals surface area contributed by atoms with Gasteiger partial charge >= 0.3 is 6.09 Å². The molecule has 2 heterocycles. The minimum Gasteiger partial charge on any atom is -0.491 e. The fourth-order valence-electron chi connectivity index (χ4n) is 5.33. The van der Waals surface area contributed by atoms with Crippen LogP contribution >= 0.6 is 0 Å². The molecule has 0 unspecified atom stereocenters. The second-order valence-corrected chi connectivity index (χ2v) is 10.4. The van der Waals surface area contributed by atoms with E-state index in [1.54, 1.807) is 43.1 Å². The first-order chi connectivity index (χ1) is 18.8. The minimum atomic E-state index is -1.58. The van der Waals surface area contributed by atoms with Crippen LogP contribution in [0.1, 0.15) is 42.6 Å². The molecule has 11 heteroatoms. The largest absolute Gasteiger partial charge is 0.491 e. The Balaban J connectivity index is 1.62. The summed E-state index contributed by atoms with van der Waals surface area (Å²) < 4.78 is 18.0. The zero-order valence-corrected chi connectivity index (χ0v) is 23.0. The third-order valence-corrected chi connectivity index (χ3v) is 7.54. The molecule has 0 radical (unpaired) electrons. The van der Waals surface area contributed by atoms with Crippen LogP contribution in [0, 0.1) is 5.92 Å². The molecule has 2 amide bonds. The molecule has 2 aromatic rings. The van der Waals surface area contributed by atoms with Gasteiger partial charge in [-0.25, -0.2) is 9.78 Å². The van der Waals surface area contributed by atoms with Crippen molar-refractivity contribution in [3.8, 4) is 5.75 Å². The molecule has 39 heavy (non-hydrogen) atoms. The number of imidazole rings is 1. The first kappa shape index (κ1) is 28.8. The van der Waals surface area contributed by atoms with Crippen molar-refractivity contribution >= 4 is 12.0 Å². The summed E-state index contributed by atoms with van der Waals surface area (Å²) in [5, 5.41) is 21.6. The van der Waals surface area contributed by atoms with Crippen LogP contribution in [-0.4, -0.2) is 94.7 Å². The Hall–Kier alpha value is -3.15. The molecule has 1 aromatic carbocycles. The van der Waals surface area contributed by atoms with Crippen molar-refractivity contribution in [2.45, 2.75) is 50.3 Å². The average molecular weight is 545 g/mol. The standard InChI is InChI=1S/C28H40N4O7/c1-30-11-9-29-26(30)28(36)8-10-31(27(34)35)19-24(28)25(33)32(22-6-7-22)18-21-15-20(5-4-12-37-2)16-23(17-21)39-14-13-38-3/h9,11,15-17,22,24,36H,4-8,10,12-14,18-19H2,1-3H3,(H,34,35)/t24-,28-/m1/s1. The van der Waals surface area contributed by atoms with E-state index in [9.17, 15) is 19.8 Å². The van der Waals surface area contributed by atoms with Gasteiger partial charge in [-0.1, -0.05) is 6.07 Å². The lowest BCUT2D eigenvalue weighted by molar-refractivity contribution is -0.155. The van der Waals surface area contributed by atoms with Crippen LogP contribution in [0.5, 0.6) is 5.75 Å². The van der Waals surface area contributed by atoms with Crippen LogP contribution in [0.3, 0.4) is 0 Å². The van der Waals surface area contributed by atoms with E-state index in [-0.39, 0.29) is 31.5 Å². The summed E-state index contributed by atoms with van der Waals surface area (Å²) in [6.07, 6.45) is 5.68. The lowest BCUT2D eigenvalue weighted by Gasteiger charge is -2.44. The lowest BCUT2D eigenvalue weighted by Crippen LogP contribution is -2.58. The number of hydrogen-bond donors (Lipinski definition) is 2. The number of rotatable bonds is 13. The number of aryl methyl sites for hydroxylation is 2. The van der Waals surface area contributed by atoms with Crippen LogP contribution in [0.15, 0.2) is 30.6 Å². The Morgan fingerprint density at radius 3 is 2.51 bits per heavy atom. The summed E-state index contributed by atoms with van der Waals surface area (Å²) in [5.41, 5.74) is 0.425. The van der Waals surface area contributed by atoms with Crippen molar-refractivity contribution in [2.24, 2.45) is 13.0 Å². The van der Waals surface area contributed by atoms with Crippen LogP contribution in [-0.2, 0) is 39.9 Å². The average Bonchev–Trinajstić information content (AvgIpc) is 3.66. The molecule has 1 saturated carbocycles. The third-order valence-electron chi connectivity index (χ3n) is 7.54. The minimum absolute atomic E-state index is 0.0401. The summed E-state index contributed by atoms with van der Waals surface area (Å²) >= 11 is 0. The number of piperidine rings is 1. The van der Waals surface area contributed by atoms with Gasteiger partial charge in [-0.3, -0.25) is 4.79 Å².